The predicted octanol–water partition coefficient (Wildman–Crippen LogP) is 2.00. The fourth-order valence-corrected chi connectivity index (χ4v) is 3.15. The van der Waals surface area contributed by atoms with Gasteiger partial charge in [-0.3, -0.25) is 0 Å². The highest BCUT2D eigenvalue weighted by Gasteiger charge is 2.40. The number of aromatic nitrogens is 2. The first-order valence-electron chi connectivity index (χ1n) is 5.89. The summed E-state index contributed by atoms with van der Waals surface area (Å²) in [4.78, 5) is 13.0. The van der Waals surface area contributed by atoms with Crippen LogP contribution < -0.4 is 4.90 Å². The molecule has 0 bridgehead atoms. The second-order valence-corrected chi connectivity index (χ2v) is 6.18. The topological polar surface area (TPSA) is 32.3 Å². The molecule has 17 heavy (non-hydrogen) atoms. The molecular weight excluding hydrogens is 327 g/mol. The molecular formula is C12H19IN4. The van der Waals surface area contributed by atoms with E-state index >= 15 is 0 Å². The molecule has 94 valence electrons. The third-order valence-electron chi connectivity index (χ3n) is 3.77. The number of rotatable bonds is 4. The third-order valence-corrected chi connectivity index (χ3v) is 4.54. The SMILES string of the molecule is CN(CC1(N(C)C)CCC1)c1ncncc1I. The molecule has 1 aromatic rings. The summed E-state index contributed by atoms with van der Waals surface area (Å²) in [7, 11) is 6.48. The Balaban J connectivity index is 2.11. The monoisotopic (exact) mass is 346 g/mol. The summed E-state index contributed by atoms with van der Waals surface area (Å²) < 4.78 is 1.11. The van der Waals surface area contributed by atoms with Crippen LogP contribution in [-0.4, -0.2) is 48.1 Å². The zero-order chi connectivity index (χ0) is 12.5. The molecule has 0 spiro atoms. The van der Waals surface area contributed by atoms with Gasteiger partial charge in [-0.25, -0.2) is 9.97 Å². The summed E-state index contributed by atoms with van der Waals surface area (Å²) in [5.41, 5.74) is 0.336. The highest BCUT2D eigenvalue weighted by Crippen LogP contribution is 2.37. The first-order valence-corrected chi connectivity index (χ1v) is 6.97. The van der Waals surface area contributed by atoms with Gasteiger partial charge in [0.25, 0.3) is 0 Å². The Kier molecular flexibility index (Phi) is 3.87. The van der Waals surface area contributed by atoms with Gasteiger partial charge in [-0.1, -0.05) is 0 Å². The molecule has 1 fully saturated rings. The van der Waals surface area contributed by atoms with Crippen LogP contribution in [0.15, 0.2) is 12.5 Å². The Labute approximate surface area is 117 Å². The van der Waals surface area contributed by atoms with E-state index in [1.54, 1.807) is 6.33 Å². The van der Waals surface area contributed by atoms with Crippen LogP contribution in [-0.2, 0) is 0 Å². The molecule has 4 nitrogen and oxygen atoms in total. The van der Waals surface area contributed by atoms with E-state index < -0.39 is 0 Å². The number of hydrogen-bond acceptors (Lipinski definition) is 4. The average Bonchev–Trinajstić information content (AvgIpc) is 2.23. The van der Waals surface area contributed by atoms with Crippen LogP contribution in [0.25, 0.3) is 0 Å². The standard InChI is InChI=1S/C12H19IN4/c1-16(2)12(5-4-6-12)8-17(3)11-10(13)7-14-9-15-11/h7,9H,4-6,8H2,1-3H3. The van der Waals surface area contributed by atoms with E-state index in [0.29, 0.717) is 5.54 Å². The largest absolute Gasteiger partial charge is 0.357 e. The van der Waals surface area contributed by atoms with Gasteiger partial charge in [0.2, 0.25) is 0 Å². The molecule has 0 saturated heterocycles. The van der Waals surface area contributed by atoms with Crippen LogP contribution >= 0.6 is 22.6 Å². The van der Waals surface area contributed by atoms with Gasteiger partial charge in [0.05, 0.1) is 3.57 Å². The lowest BCUT2D eigenvalue weighted by Crippen LogP contribution is -2.57. The summed E-state index contributed by atoms with van der Waals surface area (Å²) in [6.07, 6.45) is 7.39. The second kappa shape index (κ2) is 5.06. The van der Waals surface area contributed by atoms with E-state index in [9.17, 15) is 0 Å². The Bertz CT molecular complexity index is 390. The van der Waals surface area contributed by atoms with Gasteiger partial charge < -0.3 is 9.80 Å². The summed E-state index contributed by atoms with van der Waals surface area (Å²) in [6.45, 7) is 1.03. The minimum atomic E-state index is 0.336. The fraction of sp³-hybridized carbons (Fsp3) is 0.667. The lowest BCUT2D eigenvalue weighted by Gasteiger charge is -2.49. The lowest BCUT2D eigenvalue weighted by atomic mass is 9.75. The van der Waals surface area contributed by atoms with Crippen LogP contribution in [0.3, 0.4) is 0 Å². The Morgan fingerprint density at radius 2 is 2.06 bits per heavy atom. The number of anilines is 1. The lowest BCUT2D eigenvalue weighted by molar-refractivity contribution is 0.0681. The molecule has 1 aliphatic carbocycles. The molecule has 0 unspecified atom stereocenters. The highest BCUT2D eigenvalue weighted by atomic mass is 127. The van der Waals surface area contributed by atoms with Gasteiger partial charge in [-0.2, -0.15) is 0 Å². The number of nitrogens with zero attached hydrogens (tertiary/aromatic N) is 4. The van der Waals surface area contributed by atoms with Crippen LogP contribution in [0.1, 0.15) is 19.3 Å². The Hall–Kier alpha value is -0.430. The molecule has 0 amide bonds. The molecule has 1 saturated carbocycles. The predicted molar refractivity (Wildman–Crippen MR) is 78.3 cm³/mol. The van der Waals surface area contributed by atoms with Crippen molar-refractivity contribution in [2.45, 2.75) is 24.8 Å². The fourth-order valence-electron chi connectivity index (χ4n) is 2.44. The van der Waals surface area contributed by atoms with Crippen LogP contribution in [0.5, 0.6) is 0 Å². The summed E-state index contributed by atoms with van der Waals surface area (Å²) >= 11 is 2.29. The van der Waals surface area contributed by atoms with Crippen LogP contribution in [0.2, 0.25) is 0 Å². The van der Waals surface area contributed by atoms with E-state index in [1.807, 2.05) is 6.20 Å². The number of hydrogen-bond donors (Lipinski definition) is 0. The molecule has 0 radical (unpaired) electrons. The van der Waals surface area contributed by atoms with Gasteiger partial charge in [0, 0.05) is 25.3 Å². The van der Waals surface area contributed by atoms with Gasteiger partial charge in [-0.15, -0.1) is 0 Å². The summed E-state index contributed by atoms with van der Waals surface area (Å²) in [6, 6.07) is 0. The minimum absolute atomic E-state index is 0.336. The zero-order valence-corrected chi connectivity index (χ0v) is 12.8. The minimum Gasteiger partial charge on any atom is -0.357 e. The molecule has 1 aliphatic rings. The number of likely N-dealkylation sites (N-methyl/N-ethyl adjacent to an activating group) is 2. The van der Waals surface area contributed by atoms with Crippen molar-refractivity contribution in [1.82, 2.24) is 14.9 Å². The van der Waals surface area contributed by atoms with Gasteiger partial charge in [0.15, 0.2) is 0 Å². The molecule has 0 aromatic carbocycles. The molecule has 5 heteroatoms. The first-order chi connectivity index (χ1) is 8.05. The van der Waals surface area contributed by atoms with E-state index in [4.69, 9.17) is 0 Å². The summed E-state index contributed by atoms with van der Waals surface area (Å²) in [5, 5.41) is 0. The number of halogens is 1. The van der Waals surface area contributed by atoms with Crippen molar-refractivity contribution in [2.75, 3.05) is 32.6 Å². The molecule has 1 aromatic heterocycles. The zero-order valence-electron chi connectivity index (χ0n) is 10.6. The molecule has 0 aliphatic heterocycles. The van der Waals surface area contributed by atoms with Gasteiger partial charge >= 0.3 is 0 Å². The average molecular weight is 346 g/mol. The highest BCUT2D eigenvalue weighted by molar-refractivity contribution is 14.1. The van der Waals surface area contributed by atoms with Crippen LogP contribution in [0, 0.1) is 3.57 Å². The maximum absolute atomic E-state index is 4.37. The molecule has 2 rings (SSSR count). The van der Waals surface area contributed by atoms with E-state index in [1.165, 1.54) is 19.3 Å². The van der Waals surface area contributed by atoms with Crippen molar-refractivity contribution in [3.8, 4) is 0 Å². The van der Waals surface area contributed by atoms with Crippen molar-refractivity contribution in [3.63, 3.8) is 0 Å². The first kappa shape index (κ1) is 13.0. The normalized spacial score (nSPS) is 17.9. The smallest absolute Gasteiger partial charge is 0.145 e. The Morgan fingerprint density at radius 3 is 2.53 bits per heavy atom. The van der Waals surface area contributed by atoms with E-state index in [0.717, 1.165) is 15.9 Å². The molecule has 1 heterocycles. The van der Waals surface area contributed by atoms with Gasteiger partial charge in [0.1, 0.15) is 12.1 Å². The quantitative estimate of drug-likeness (QED) is 0.781. The second-order valence-electron chi connectivity index (χ2n) is 5.02. The third kappa shape index (κ3) is 2.54. The van der Waals surface area contributed by atoms with E-state index in [2.05, 4.69) is 63.5 Å². The maximum atomic E-state index is 4.37. The van der Waals surface area contributed by atoms with Crippen molar-refractivity contribution in [1.29, 1.82) is 0 Å². The van der Waals surface area contributed by atoms with Crippen molar-refractivity contribution >= 4 is 28.4 Å². The van der Waals surface area contributed by atoms with Crippen molar-refractivity contribution < 1.29 is 0 Å². The van der Waals surface area contributed by atoms with Crippen LogP contribution in [0.4, 0.5) is 5.82 Å². The summed E-state index contributed by atoms with van der Waals surface area (Å²) in [5.74, 6) is 1.04. The van der Waals surface area contributed by atoms with Gasteiger partial charge in [-0.05, 0) is 55.9 Å². The maximum Gasteiger partial charge on any atom is 0.145 e. The van der Waals surface area contributed by atoms with E-state index in [-0.39, 0.29) is 0 Å². The molecule has 0 atom stereocenters. The molecule has 0 N–H and O–H groups in total. The van der Waals surface area contributed by atoms with Crippen molar-refractivity contribution in [3.05, 3.63) is 16.1 Å². The Morgan fingerprint density at radius 1 is 1.35 bits per heavy atom. The van der Waals surface area contributed by atoms with Crippen molar-refractivity contribution in [2.24, 2.45) is 0 Å².